The van der Waals surface area contributed by atoms with Crippen LogP contribution in [0.25, 0.3) is 0 Å². The van der Waals surface area contributed by atoms with E-state index in [0.29, 0.717) is 12.1 Å². The fourth-order valence-corrected chi connectivity index (χ4v) is 3.02. The van der Waals surface area contributed by atoms with Crippen LogP contribution in [0, 0.1) is 12.7 Å². The molecule has 0 radical (unpaired) electrons. The van der Waals surface area contributed by atoms with E-state index in [1.807, 2.05) is 32.8 Å². The van der Waals surface area contributed by atoms with Gasteiger partial charge in [0.25, 0.3) is 0 Å². The third-order valence-electron chi connectivity index (χ3n) is 3.53. The fraction of sp³-hybridized carbons (Fsp3) is 0.438. The van der Waals surface area contributed by atoms with E-state index in [-0.39, 0.29) is 11.9 Å². The van der Waals surface area contributed by atoms with E-state index in [9.17, 15) is 9.50 Å². The summed E-state index contributed by atoms with van der Waals surface area (Å²) < 4.78 is 12.9. The molecule has 2 N–H and O–H groups in total. The first-order valence-corrected chi connectivity index (χ1v) is 8.00. The highest BCUT2D eigenvalue weighted by Gasteiger charge is 2.17. The molecule has 0 aliphatic rings. The first-order valence-electron chi connectivity index (χ1n) is 7.19. The number of aliphatic hydroxyl groups is 1. The first-order chi connectivity index (χ1) is 10.4. The third-order valence-corrected chi connectivity index (χ3v) is 4.86. The Balaban J connectivity index is 1.97. The lowest BCUT2D eigenvalue weighted by molar-refractivity contribution is 0.135. The van der Waals surface area contributed by atoms with Gasteiger partial charge in [0.2, 0.25) is 0 Å². The molecule has 0 fully saturated rings. The highest BCUT2D eigenvalue weighted by molar-refractivity contribution is 7.15. The molecule has 0 amide bonds. The Morgan fingerprint density at radius 2 is 1.95 bits per heavy atom. The van der Waals surface area contributed by atoms with Crippen molar-refractivity contribution in [2.45, 2.75) is 32.5 Å². The van der Waals surface area contributed by atoms with Gasteiger partial charge in [-0.3, -0.25) is 0 Å². The molecule has 22 heavy (non-hydrogen) atoms. The minimum atomic E-state index is -0.679. The first kappa shape index (κ1) is 16.9. The zero-order valence-electron chi connectivity index (χ0n) is 13.3. The summed E-state index contributed by atoms with van der Waals surface area (Å²) in [6.07, 6.45) is -0.679. The van der Waals surface area contributed by atoms with E-state index >= 15 is 0 Å². The van der Waals surface area contributed by atoms with Crippen molar-refractivity contribution in [3.8, 4) is 0 Å². The van der Waals surface area contributed by atoms with E-state index in [0.717, 1.165) is 15.7 Å². The zero-order valence-corrected chi connectivity index (χ0v) is 14.1. The van der Waals surface area contributed by atoms with Crippen molar-refractivity contribution in [1.82, 2.24) is 10.3 Å². The van der Waals surface area contributed by atoms with Gasteiger partial charge in [0.15, 0.2) is 5.13 Å². The molecule has 0 bridgehead atoms. The number of aryl methyl sites for hydroxylation is 1. The SMILES string of the molecule is Cc1nc(N(C)C)sc1CNC(C)C(O)c1ccc(F)cc1. The third kappa shape index (κ3) is 4.03. The quantitative estimate of drug-likeness (QED) is 0.858. The normalized spacial score (nSPS) is 13.9. The van der Waals surface area contributed by atoms with Crippen LogP contribution in [-0.4, -0.2) is 30.2 Å². The van der Waals surface area contributed by atoms with Crippen LogP contribution in [0.1, 0.15) is 29.2 Å². The summed E-state index contributed by atoms with van der Waals surface area (Å²) in [5.74, 6) is -0.298. The van der Waals surface area contributed by atoms with Crippen LogP contribution >= 0.6 is 11.3 Å². The number of aromatic nitrogens is 1. The number of hydrogen-bond donors (Lipinski definition) is 2. The van der Waals surface area contributed by atoms with Gasteiger partial charge in [-0.15, -0.1) is 11.3 Å². The standard InChI is InChI=1S/C16H22FN3OS/c1-10-14(22-16(19-10)20(3)4)9-18-11(2)15(21)12-5-7-13(17)8-6-12/h5-8,11,15,18,21H,9H2,1-4H3. The van der Waals surface area contributed by atoms with Crippen molar-refractivity contribution in [1.29, 1.82) is 0 Å². The van der Waals surface area contributed by atoms with Gasteiger partial charge in [0.1, 0.15) is 5.82 Å². The summed E-state index contributed by atoms with van der Waals surface area (Å²) in [6, 6.07) is 5.81. The number of anilines is 1. The monoisotopic (exact) mass is 323 g/mol. The summed E-state index contributed by atoms with van der Waals surface area (Å²) in [4.78, 5) is 7.64. The van der Waals surface area contributed by atoms with E-state index in [4.69, 9.17) is 0 Å². The summed E-state index contributed by atoms with van der Waals surface area (Å²) >= 11 is 1.64. The average molecular weight is 323 g/mol. The number of hydrogen-bond acceptors (Lipinski definition) is 5. The Morgan fingerprint density at radius 1 is 1.32 bits per heavy atom. The van der Waals surface area contributed by atoms with Crippen molar-refractivity contribution < 1.29 is 9.50 Å². The van der Waals surface area contributed by atoms with Gasteiger partial charge >= 0.3 is 0 Å². The number of rotatable bonds is 6. The van der Waals surface area contributed by atoms with E-state index in [1.165, 1.54) is 12.1 Å². The average Bonchev–Trinajstić information content (AvgIpc) is 2.86. The second-order valence-electron chi connectivity index (χ2n) is 5.57. The predicted octanol–water partition coefficient (Wildman–Crippen LogP) is 2.87. The molecule has 1 aromatic heterocycles. The van der Waals surface area contributed by atoms with Crippen LogP contribution in [0.2, 0.25) is 0 Å². The number of aliphatic hydroxyl groups excluding tert-OH is 1. The number of halogens is 1. The molecule has 120 valence electrons. The number of nitrogens with one attached hydrogen (secondary N) is 1. The fourth-order valence-electron chi connectivity index (χ4n) is 2.08. The topological polar surface area (TPSA) is 48.4 Å². The van der Waals surface area contributed by atoms with Crippen molar-refractivity contribution in [3.63, 3.8) is 0 Å². The maximum Gasteiger partial charge on any atom is 0.185 e. The molecule has 2 atom stereocenters. The maximum atomic E-state index is 12.9. The van der Waals surface area contributed by atoms with Gasteiger partial charge in [-0.25, -0.2) is 9.37 Å². The van der Waals surface area contributed by atoms with Crippen LogP contribution in [0.15, 0.2) is 24.3 Å². The van der Waals surface area contributed by atoms with Gasteiger partial charge in [0.05, 0.1) is 11.8 Å². The van der Waals surface area contributed by atoms with Gasteiger partial charge in [-0.1, -0.05) is 12.1 Å². The molecule has 2 rings (SSSR count). The van der Waals surface area contributed by atoms with Crippen molar-refractivity contribution in [2.24, 2.45) is 0 Å². The molecule has 1 aromatic carbocycles. The Bertz CT molecular complexity index is 612. The van der Waals surface area contributed by atoms with Crippen LogP contribution in [0.4, 0.5) is 9.52 Å². The molecule has 0 spiro atoms. The smallest absolute Gasteiger partial charge is 0.185 e. The lowest BCUT2D eigenvalue weighted by Gasteiger charge is -2.20. The second-order valence-corrected chi connectivity index (χ2v) is 6.63. The molecule has 6 heteroatoms. The Kier molecular flexibility index (Phi) is 5.50. The summed E-state index contributed by atoms with van der Waals surface area (Å²) in [6.45, 7) is 4.55. The predicted molar refractivity (Wildman–Crippen MR) is 88.8 cm³/mol. The highest BCUT2D eigenvalue weighted by Crippen LogP contribution is 2.25. The number of nitrogens with zero attached hydrogens (tertiary/aromatic N) is 2. The van der Waals surface area contributed by atoms with Gasteiger partial charge in [-0.05, 0) is 31.5 Å². The molecule has 4 nitrogen and oxygen atoms in total. The van der Waals surface area contributed by atoms with Crippen LogP contribution in [-0.2, 0) is 6.54 Å². The molecule has 0 aliphatic carbocycles. The largest absolute Gasteiger partial charge is 0.387 e. The molecular formula is C16H22FN3OS. The van der Waals surface area contributed by atoms with Crippen LogP contribution in [0.3, 0.4) is 0 Å². The summed E-state index contributed by atoms with van der Waals surface area (Å²) in [5, 5.41) is 14.6. The minimum Gasteiger partial charge on any atom is -0.387 e. The second kappa shape index (κ2) is 7.17. The van der Waals surface area contributed by atoms with Gasteiger partial charge in [-0.2, -0.15) is 0 Å². The Morgan fingerprint density at radius 3 is 2.50 bits per heavy atom. The van der Waals surface area contributed by atoms with E-state index < -0.39 is 6.10 Å². The molecule has 2 aromatic rings. The molecule has 1 heterocycles. The van der Waals surface area contributed by atoms with Crippen molar-refractivity contribution >= 4 is 16.5 Å². The molecular weight excluding hydrogens is 301 g/mol. The zero-order chi connectivity index (χ0) is 16.3. The number of benzene rings is 1. The lowest BCUT2D eigenvalue weighted by Crippen LogP contribution is -2.31. The summed E-state index contributed by atoms with van der Waals surface area (Å²) in [5.41, 5.74) is 1.71. The van der Waals surface area contributed by atoms with Crippen molar-refractivity contribution in [3.05, 3.63) is 46.2 Å². The van der Waals surface area contributed by atoms with Gasteiger partial charge in [0, 0.05) is 31.6 Å². The lowest BCUT2D eigenvalue weighted by atomic mass is 10.0. The minimum absolute atomic E-state index is 0.144. The molecule has 2 unspecified atom stereocenters. The van der Waals surface area contributed by atoms with Crippen LogP contribution < -0.4 is 10.2 Å². The molecule has 0 aliphatic heterocycles. The Hall–Kier alpha value is -1.50. The maximum absolute atomic E-state index is 12.9. The Labute approximate surface area is 134 Å². The van der Waals surface area contributed by atoms with Crippen LogP contribution in [0.5, 0.6) is 0 Å². The van der Waals surface area contributed by atoms with E-state index in [1.54, 1.807) is 23.5 Å². The highest BCUT2D eigenvalue weighted by atomic mass is 32.1. The van der Waals surface area contributed by atoms with E-state index in [2.05, 4.69) is 10.3 Å². The summed E-state index contributed by atoms with van der Waals surface area (Å²) in [7, 11) is 3.94. The van der Waals surface area contributed by atoms with Crippen molar-refractivity contribution in [2.75, 3.05) is 19.0 Å². The molecule has 0 saturated carbocycles. The molecule has 0 saturated heterocycles. The van der Waals surface area contributed by atoms with Gasteiger partial charge < -0.3 is 15.3 Å². The number of thiazole rings is 1.